The van der Waals surface area contributed by atoms with Gasteiger partial charge < -0.3 is 14.7 Å². The molecule has 1 atom stereocenters. The van der Waals surface area contributed by atoms with Gasteiger partial charge in [-0.1, -0.05) is 61.5 Å². The first-order valence-corrected chi connectivity index (χ1v) is 12.0. The first-order chi connectivity index (χ1) is 16.7. The fourth-order valence-corrected chi connectivity index (χ4v) is 4.42. The molecule has 2 aromatic heterocycles. The molecule has 34 heavy (non-hydrogen) atoms. The number of rotatable bonds is 8. The van der Waals surface area contributed by atoms with E-state index < -0.39 is 0 Å². The Morgan fingerprint density at radius 2 is 1.71 bits per heavy atom. The summed E-state index contributed by atoms with van der Waals surface area (Å²) in [6.07, 6.45) is 1.52. The van der Waals surface area contributed by atoms with Crippen LogP contribution in [0.15, 0.2) is 67.0 Å². The standard InChI is InChI=1S/C27H32N6O/c1-3-32-13-15-33(16-14-32)18-21-9-11-23(12-10-21)25-17-24-26(30-25)28-19-29-27(24)34-31-20(2)22-7-5-4-6-8-22/h4-12,17,19-20,31H,3,13-16,18H2,1-2H3,(H,28,29,30). The van der Waals surface area contributed by atoms with Crippen LogP contribution in [-0.2, 0) is 6.54 Å². The fraction of sp³-hybridized carbons (Fsp3) is 0.333. The molecule has 7 nitrogen and oxygen atoms in total. The highest BCUT2D eigenvalue weighted by atomic mass is 16.7. The van der Waals surface area contributed by atoms with Crippen LogP contribution in [0.1, 0.15) is 31.0 Å². The van der Waals surface area contributed by atoms with Crippen molar-refractivity contribution in [3.05, 3.63) is 78.1 Å². The number of benzene rings is 2. The minimum Gasteiger partial charge on any atom is -0.387 e. The number of aromatic nitrogens is 3. The molecule has 0 bridgehead atoms. The van der Waals surface area contributed by atoms with Crippen LogP contribution in [0.5, 0.6) is 5.88 Å². The highest BCUT2D eigenvalue weighted by Gasteiger charge is 2.16. The van der Waals surface area contributed by atoms with Gasteiger partial charge in [-0.05, 0) is 36.2 Å². The van der Waals surface area contributed by atoms with E-state index >= 15 is 0 Å². The summed E-state index contributed by atoms with van der Waals surface area (Å²) >= 11 is 0. The van der Waals surface area contributed by atoms with Crippen molar-refractivity contribution >= 4 is 11.0 Å². The smallest absolute Gasteiger partial charge is 0.250 e. The summed E-state index contributed by atoms with van der Waals surface area (Å²) in [7, 11) is 0. The van der Waals surface area contributed by atoms with Crippen LogP contribution in [0.3, 0.4) is 0 Å². The molecule has 0 aliphatic carbocycles. The van der Waals surface area contributed by atoms with Gasteiger partial charge in [0.05, 0.1) is 11.4 Å². The number of aromatic amines is 1. The van der Waals surface area contributed by atoms with Crippen molar-refractivity contribution in [2.24, 2.45) is 0 Å². The summed E-state index contributed by atoms with van der Waals surface area (Å²) in [6.45, 7) is 11.0. The highest BCUT2D eigenvalue weighted by Crippen LogP contribution is 2.28. The summed E-state index contributed by atoms with van der Waals surface area (Å²) in [4.78, 5) is 23.1. The first kappa shape index (κ1) is 22.5. The summed E-state index contributed by atoms with van der Waals surface area (Å²) in [5.41, 5.74) is 8.46. The topological polar surface area (TPSA) is 69.3 Å². The van der Waals surface area contributed by atoms with E-state index in [1.807, 2.05) is 18.2 Å². The van der Waals surface area contributed by atoms with Crippen molar-refractivity contribution < 1.29 is 4.84 Å². The number of nitrogens with zero attached hydrogens (tertiary/aromatic N) is 4. The number of likely N-dealkylation sites (N-methyl/N-ethyl adjacent to an activating group) is 1. The summed E-state index contributed by atoms with van der Waals surface area (Å²) in [5, 5.41) is 0.850. The molecular weight excluding hydrogens is 424 g/mol. The molecule has 1 aliphatic heterocycles. The van der Waals surface area contributed by atoms with E-state index in [1.165, 1.54) is 11.9 Å². The van der Waals surface area contributed by atoms with Gasteiger partial charge in [-0.3, -0.25) is 4.90 Å². The summed E-state index contributed by atoms with van der Waals surface area (Å²) in [5.74, 6) is 0.512. The third-order valence-corrected chi connectivity index (χ3v) is 6.60. The third-order valence-electron chi connectivity index (χ3n) is 6.60. The Morgan fingerprint density at radius 1 is 0.971 bits per heavy atom. The second-order valence-electron chi connectivity index (χ2n) is 8.88. The van der Waals surface area contributed by atoms with Crippen LogP contribution in [0.25, 0.3) is 22.3 Å². The molecule has 1 fully saturated rings. The zero-order valence-corrected chi connectivity index (χ0v) is 19.9. The molecule has 1 unspecified atom stereocenters. The van der Waals surface area contributed by atoms with Gasteiger partial charge in [0.25, 0.3) is 0 Å². The molecule has 7 heteroatoms. The first-order valence-electron chi connectivity index (χ1n) is 12.0. The maximum Gasteiger partial charge on any atom is 0.250 e. The minimum absolute atomic E-state index is 0.0297. The molecule has 0 radical (unpaired) electrons. The van der Waals surface area contributed by atoms with E-state index in [0.29, 0.717) is 5.88 Å². The quantitative estimate of drug-likeness (QED) is 0.383. The van der Waals surface area contributed by atoms with E-state index in [2.05, 4.69) is 86.5 Å². The molecule has 1 saturated heterocycles. The maximum absolute atomic E-state index is 5.87. The third kappa shape index (κ3) is 5.12. The lowest BCUT2D eigenvalue weighted by Gasteiger charge is -2.34. The van der Waals surface area contributed by atoms with Crippen LogP contribution in [0.4, 0.5) is 0 Å². The largest absolute Gasteiger partial charge is 0.387 e. The van der Waals surface area contributed by atoms with Gasteiger partial charge in [-0.2, -0.15) is 4.98 Å². The van der Waals surface area contributed by atoms with E-state index in [1.54, 1.807) is 0 Å². The molecule has 1 aliphatic rings. The fourth-order valence-electron chi connectivity index (χ4n) is 4.42. The van der Waals surface area contributed by atoms with Crippen LogP contribution in [0, 0.1) is 0 Å². The van der Waals surface area contributed by atoms with Crippen LogP contribution < -0.4 is 10.3 Å². The van der Waals surface area contributed by atoms with Gasteiger partial charge in [0.1, 0.15) is 12.0 Å². The summed E-state index contributed by atoms with van der Waals surface area (Å²) < 4.78 is 0. The number of fused-ring (bicyclic) bond motifs is 1. The molecule has 2 aromatic carbocycles. The normalized spacial score (nSPS) is 16.1. The number of hydroxylamine groups is 1. The Hall–Kier alpha value is -3.26. The average Bonchev–Trinajstić information content (AvgIpc) is 3.34. The Labute approximate surface area is 200 Å². The SMILES string of the molecule is CCN1CCN(Cc2ccc(-c3cc4c(ONC(C)c5ccccc5)ncnc4[nH]3)cc2)CC1. The average molecular weight is 457 g/mol. The van der Waals surface area contributed by atoms with E-state index in [4.69, 9.17) is 4.84 Å². The number of hydrogen-bond acceptors (Lipinski definition) is 6. The van der Waals surface area contributed by atoms with E-state index in [-0.39, 0.29) is 6.04 Å². The molecule has 5 rings (SSSR count). The monoisotopic (exact) mass is 456 g/mol. The molecular formula is C27H32N6O. The lowest BCUT2D eigenvalue weighted by atomic mass is 10.1. The number of nitrogens with one attached hydrogen (secondary N) is 2. The second kappa shape index (κ2) is 10.3. The molecule has 2 N–H and O–H groups in total. The molecule has 0 saturated carbocycles. The molecule has 176 valence electrons. The zero-order valence-electron chi connectivity index (χ0n) is 19.9. The van der Waals surface area contributed by atoms with Gasteiger partial charge in [-0.25, -0.2) is 4.98 Å². The van der Waals surface area contributed by atoms with Crippen molar-refractivity contribution in [2.75, 3.05) is 32.7 Å². The Bertz CT molecular complexity index is 1200. The molecule has 0 amide bonds. The minimum atomic E-state index is 0.0297. The second-order valence-corrected chi connectivity index (χ2v) is 8.88. The van der Waals surface area contributed by atoms with Gasteiger partial charge in [0, 0.05) is 38.4 Å². The Morgan fingerprint density at radius 3 is 2.44 bits per heavy atom. The number of hydrogen-bond donors (Lipinski definition) is 2. The Balaban J connectivity index is 1.26. The number of piperazine rings is 1. The van der Waals surface area contributed by atoms with Gasteiger partial charge >= 0.3 is 0 Å². The predicted molar refractivity (Wildman–Crippen MR) is 135 cm³/mol. The highest BCUT2D eigenvalue weighted by molar-refractivity contribution is 5.86. The lowest BCUT2D eigenvalue weighted by Crippen LogP contribution is -2.45. The van der Waals surface area contributed by atoms with Gasteiger partial charge in [0.15, 0.2) is 0 Å². The van der Waals surface area contributed by atoms with Gasteiger partial charge in [-0.15, -0.1) is 5.48 Å². The van der Waals surface area contributed by atoms with Crippen molar-refractivity contribution in [3.63, 3.8) is 0 Å². The summed E-state index contributed by atoms with van der Waals surface area (Å²) in [6, 6.07) is 21.1. The maximum atomic E-state index is 5.87. The molecule has 0 spiro atoms. The van der Waals surface area contributed by atoms with Crippen molar-refractivity contribution in [2.45, 2.75) is 26.4 Å². The zero-order chi connectivity index (χ0) is 23.3. The van der Waals surface area contributed by atoms with Crippen LogP contribution >= 0.6 is 0 Å². The van der Waals surface area contributed by atoms with Crippen molar-refractivity contribution in [1.29, 1.82) is 0 Å². The van der Waals surface area contributed by atoms with Crippen molar-refractivity contribution in [1.82, 2.24) is 30.2 Å². The predicted octanol–water partition coefficient (Wildman–Crippen LogP) is 4.41. The Kier molecular flexibility index (Phi) is 6.85. The van der Waals surface area contributed by atoms with Crippen LogP contribution in [-0.4, -0.2) is 57.5 Å². The number of H-pyrrole nitrogens is 1. The van der Waals surface area contributed by atoms with Crippen LogP contribution in [0.2, 0.25) is 0 Å². The lowest BCUT2D eigenvalue weighted by molar-refractivity contribution is 0.132. The van der Waals surface area contributed by atoms with Crippen molar-refractivity contribution in [3.8, 4) is 17.1 Å². The van der Waals surface area contributed by atoms with E-state index in [0.717, 1.165) is 67.1 Å². The molecule has 3 heterocycles. The molecule has 4 aromatic rings. The van der Waals surface area contributed by atoms with Gasteiger partial charge in [0.2, 0.25) is 5.88 Å². The van der Waals surface area contributed by atoms with E-state index in [9.17, 15) is 0 Å².